The van der Waals surface area contributed by atoms with Crippen molar-refractivity contribution in [2.24, 2.45) is 0 Å². The molecule has 0 saturated carbocycles. The molecule has 2 aromatic carbocycles. The summed E-state index contributed by atoms with van der Waals surface area (Å²) < 4.78 is 0. The number of fused-ring (bicyclic) bond motifs is 1. The first-order valence-corrected chi connectivity index (χ1v) is 5.39. The van der Waals surface area contributed by atoms with Crippen LogP contribution in [-0.4, -0.2) is 4.98 Å². The zero-order valence-corrected chi connectivity index (χ0v) is 9.12. The number of aryl methyl sites for hydroxylation is 1. The van der Waals surface area contributed by atoms with E-state index in [0.717, 1.165) is 0 Å². The van der Waals surface area contributed by atoms with Gasteiger partial charge in [0.1, 0.15) is 0 Å². The third-order valence-electron chi connectivity index (χ3n) is 2.80. The molecule has 0 amide bonds. The van der Waals surface area contributed by atoms with Crippen molar-refractivity contribution in [2.45, 2.75) is 6.92 Å². The second-order valence-corrected chi connectivity index (χ2v) is 4.05. The maximum absolute atomic E-state index is 3.33. The van der Waals surface area contributed by atoms with E-state index in [4.69, 9.17) is 0 Å². The molecule has 1 heteroatoms. The smallest absolute Gasteiger partial charge is 0.0456 e. The van der Waals surface area contributed by atoms with Gasteiger partial charge in [-0.3, -0.25) is 0 Å². The summed E-state index contributed by atoms with van der Waals surface area (Å²) >= 11 is 0. The molecule has 0 unspecified atom stereocenters. The number of aromatic amines is 1. The number of hydrogen-bond acceptors (Lipinski definition) is 0. The lowest BCUT2D eigenvalue weighted by Gasteiger charge is -2.00. The first kappa shape index (κ1) is 9.22. The van der Waals surface area contributed by atoms with Crippen LogP contribution in [0.2, 0.25) is 0 Å². The van der Waals surface area contributed by atoms with Crippen molar-refractivity contribution in [1.29, 1.82) is 0 Å². The van der Waals surface area contributed by atoms with E-state index in [0.29, 0.717) is 0 Å². The van der Waals surface area contributed by atoms with Crippen LogP contribution in [0.4, 0.5) is 0 Å². The Kier molecular flexibility index (Phi) is 2.03. The minimum absolute atomic E-state index is 1.20. The quantitative estimate of drug-likeness (QED) is 0.620. The van der Waals surface area contributed by atoms with Gasteiger partial charge in [0.15, 0.2) is 0 Å². The van der Waals surface area contributed by atoms with Crippen LogP contribution in [0.1, 0.15) is 5.69 Å². The van der Waals surface area contributed by atoms with Gasteiger partial charge in [0.05, 0.1) is 0 Å². The van der Waals surface area contributed by atoms with E-state index in [2.05, 4.69) is 48.3 Å². The zero-order chi connectivity index (χ0) is 11.0. The lowest BCUT2D eigenvalue weighted by molar-refractivity contribution is 1.30. The van der Waals surface area contributed by atoms with E-state index in [1.807, 2.05) is 18.2 Å². The van der Waals surface area contributed by atoms with Gasteiger partial charge in [-0.25, -0.2) is 0 Å². The van der Waals surface area contributed by atoms with Crippen molar-refractivity contribution >= 4 is 10.9 Å². The Morgan fingerprint density at radius 2 is 2.00 bits per heavy atom. The Hall–Kier alpha value is -2.02. The zero-order valence-electron chi connectivity index (χ0n) is 9.12. The molecule has 16 heavy (non-hydrogen) atoms. The Morgan fingerprint density at radius 1 is 1.06 bits per heavy atom. The molecule has 0 aliphatic heterocycles. The first-order valence-electron chi connectivity index (χ1n) is 5.39. The second-order valence-electron chi connectivity index (χ2n) is 4.05. The summed E-state index contributed by atoms with van der Waals surface area (Å²) in [5, 5.41) is 1.26. The highest BCUT2D eigenvalue weighted by atomic mass is 14.7. The summed E-state index contributed by atoms with van der Waals surface area (Å²) in [6, 6.07) is 19.8. The molecule has 3 rings (SSSR count). The molecule has 1 nitrogen and oxygen atoms in total. The fourth-order valence-electron chi connectivity index (χ4n) is 2.03. The highest BCUT2D eigenvalue weighted by molar-refractivity contribution is 5.85. The van der Waals surface area contributed by atoms with E-state index in [1.54, 1.807) is 0 Å². The summed E-state index contributed by atoms with van der Waals surface area (Å²) in [6.45, 7) is 2.08. The van der Waals surface area contributed by atoms with Crippen molar-refractivity contribution < 1.29 is 0 Å². The molecule has 0 atom stereocenters. The number of H-pyrrole nitrogens is 1. The second kappa shape index (κ2) is 3.53. The van der Waals surface area contributed by atoms with Crippen LogP contribution in [0.15, 0.2) is 48.5 Å². The Bertz CT molecular complexity index is 620. The van der Waals surface area contributed by atoms with Gasteiger partial charge < -0.3 is 4.98 Å². The summed E-state index contributed by atoms with van der Waals surface area (Å²) in [7, 11) is 0. The highest BCUT2D eigenvalue weighted by Gasteiger charge is 2.00. The largest absolute Gasteiger partial charge is 0.359 e. The van der Waals surface area contributed by atoms with Crippen molar-refractivity contribution in [2.75, 3.05) is 0 Å². The van der Waals surface area contributed by atoms with E-state index in [-0.39, 0.29) is 0 Å². The predicted octanol–water partition coefficient (Wildman–Crippen LogP) is 3.94. The number of nitrogens with one attached hydrogen (secondary N) is 1. The average molecular weight is 206 g/mol. The van der Waals surface area contributed by atoms with Crippen molar-refractivity contribution in [3.8, 4) is 11.1 Å². The van der Waals surface area contributed by atoms with Gasteiger partial charge in [-0.15, -0.1) is 0 Å². The highest BCUT2D eigenvalue weighted by Crippen LogP contribution is 2.24. The monoisotopic (exact) mass is 206 g/mol. The molecule has 0 spiro atoms. The van der Waals surface area contributed by atoms with Crippen molar-refractivity contribution in [3.05, 3.63) is 60.3 Å². The van der Waals surface area contributed by atoms with Crippen LogP contribution in [-0.2, 0) is 0 Å². The van der Waals surface area contributed by atoms with Crippen LogP contribution in [0, 0.1) is 13.0 Å². The number of hydrogen-bond donors (Lipinski definition) is 1. The molecule has 0 fully saturated rings. The molecule has 1 aromatic heterocycles. The molecule has 3 aromatic rings. The van der Waals surface area contributed by atoms with Crippen LogP contribution in [0.25, 0.3) is 22.0 Å². The van der Waals surface area contributed by atoms with Crippen LogP contribution in [0.3, 0.4) is 0 Å². The molecule has 77 valence electrons. The molecule has 1 N–H and O–H groups in total. The lowest BCUT2D eigenvalue weighted by atomic mass is 10.0. The van der Waals surface area contributed by atoms with Gasteiger partial charge >= 0.3 is 0 Å². The maximum atomic E-state index is 3.33. The molecule has 1 radical (unpaired) electrons. The van der Waals surface area contributed by atoms with Gasteiger partial charge in [-0.2, -0.15) is 0 Å². The van der Waals surface area contributed by atoms with Gasteiger partial charge in [-0.05, 0) is 48.4 Å². The number of rotatable bonds is 1. The Morgan fingerprint density at radius 3 is 2.81 bits per heavy atom. The molecular weight excluding hydrogens is 194 g/mol. The Labute approximate surface area is 94.7 Å². The van der Waals surface area contributed by atoms with Crippen molar-refractivity contribution in [1.82, 2.24) is 4.98 Å². The standard InChI is InChI=1S/C15H12N/c1-11-9-14-10-13(7-8-15(14)16-11)12-5-3-2-4-6-12/h2-3,5-10,16H,1H3. The van der Waals surface area contributed by atoms with E-state index in [9.17, 15) is 0 Å². The summed E-state index contributed by atoms with van der Waals surface area (Å²) in [5.74, 6) is 0. The third kappa shape index (κ3) is 1.50. The summed E-state index contributed by atoms with van der Waals surface area (Å²) in [6.07, 6.45) is 0. The SMILES string of the molecule is Cc1cc2cc(-c3c[c]ccc3)ccc2[nH]1. The summed E-state index contributed by atoms with van der Waals surface area (Å²) in [4.78, 5) is 3.33. The van der Waals surface area contributed by atoms with E-state index in [1.165, 1.54) is 27.7 Å². The number of aromatic nitrogens is 1. The van der Waals surface area contributed by atoms with Gasteiger partial charge in [0.25, 0.3) is 0 Å². The average Bonchev–Trinajstić information content (AvgIpc) is 2.69. The first-order chi connectivity index (χ1) is 7.83. The van der Waals surface area contributed by atoms with Gasteiger partial charge in [0.2, 0.25) is 0 Å². The third-order valence-corrected chi connectivity index (χ3v) is 2.80. The van der Waals surface area contributed by atoms with Gasteiger partial charge in [0, 0.05) is 16.6 Å². The fraction of sp³-hybridized carbons (Fsp3) is 0.0667. The van der Waals surface area contributed by atoms with E-state index < -0.39 is 0 Å². The van der Waals surface area contributed by atoms with Crippen LogP contribution >= 0.6 is 0 Å². The minimum Gasteiger partial charge on any atom is -0.359 e. The van der Waals surface area contributed by atoms with E-state index >= 15 is 0 Å². The lowest BCUT2D eigenvalue weighted by Crippen LogP contribution is -1.76. The minimum atomic E-state index is 1.20. The molecule has 0 saturated heterocycles. The van der Waals surface area contributed by atoms with Crippen molar-refractivity contribution in [3.63, 3.8) is 0 Å². The van der Waals surface area contributed by atoms with Gasteiger partial charge in [-0.1, -0.05) is 24.3 Å². The maximum Gasteiger partial charge on any atom is 0.0456 e. The van der Waals surface area contributed by atoms with Crippen LogP contribution < -0.4 is 0 Å². The number of benzene rings is 2. The van der Waals surface area contributed by atoms with Crippen LogP contribution in [0.5, 0.6) is 0 Å². The molecule has 0 aliphatic rings. The molecule has 1 heterocycles. The molecule has 0 bridgehead atoms. The topological polar surface area (TPSA) is 15.8 Å². The normalized spacial score (nSPS) is 10.8. The predicted molar refractivity (Wildman–Crippen MR) is 67.3 cm³/mol. The summed E-state index contributed by atoms with van der Waals surface area (Å²) in [5.41, 5.74) is 4.85. The molecule has 0 aliphatic carbocycles. The molecular formula is C15H12N. The fourth-order valence-corrected chi connectivity index (χ4v) is 2.03. The Balaban J connectivity index is 2.18.